The summed E-state index contributed by atoms with van der Waals surface area (Å²) in [5.74, 6) is -4.10. The van der Waals surface area contributed by atoms with E-state index in [4.69, 9.17) is 15.2 Å². The van der Waals surface area contributed by atoms with Gasteiger partial charge in [-0.05, 0) is 13.8 Å². The van der Waals surface area contributed by atoms with Crippen LogP contribution in [0.2, 0.25) is 0 Å². The molecule has 1 heterocycles. The maximum Gasteiger partial charge on any atom is 0.344 e. The number of aryl methyl sites for hydroxylation is 2. The molecule has 0 radical (unpaired) electrons. The monoisotopic (exact) mass is 353 g/mol. The first-order valence-electron chi connectivity index (χ1n) is 7.36. The van der Waals surface area contributed by atoms with Gasteiger partial charge in [0.2, 0.25) is 5.78 Å². The number of hydrogen-bond acceptors (Lipinski definition) is 6. The summed E-state index contributed by atoms with van der Waals surface area (Å²) in [6.45, 7) is 2.96. The highest BCUT2D eigenvalue weighted by Crippen LogP contribution is 2.22. The van der Waals surface area contributed by atoms with Crippen LogP contribution in [0.5, 0.6) is 5.75 Å². The standard InChI is InChI=1S/C16H17F2N3O4/c1-4-21-15(19)13(8(2)20-21)16(23)25-7-12(22)14-10(17)5-9(24-3)6-11(14)18/h5-6H,4,7,19H2,1-3H3. The molecule has 0 atom stereocenters. The van der Waals surface area contributed by atoms with Crippen molar-refractivity contribution in [2.24, 2.45) is 0 Å². The number of carbonyl (C=O) groups is 2. The molecule has 2 N–H and O–H groups in total. The predicted octanol–water partition coefficient (Wildman–Crippen LogP) is 2.12. The Morgan fingerprint density at radius 1 is 1.24 bits per heavy atom. The lowest BCUT2D eigenvalue weighted by atomic mass is 10.1. The molecule has 2 rings (SSSR count). The van der Waals surface area contributed by atoms with Crippen molar-refractivity contribution in [1.82, 2.24) is 9.78 Å². The van der Waals surface area contributed by atoms with Crippen LogP contribution in [0.4, 0.5) is 14.6 Å². The third-order valence-electron chi connectivity index (χ3n) is 3.53. The quantitative estimate of drug-likeness (QED) is 0.631. The Kier molecular flexibility index (Phi) is 5.35. The van der Waals surface area contributed by atoms with E-state index in [0.717, 1.165) is 12.1 Å². The van der Waals surface area contributed by atoms with Crippen LogP contribution in [0.1, 0.15) is 33.3 Å². The number of ether oxygens (including phenoxy) is 2. The molecule has 2 aromatic rings. The molecule has 0 aliphatic heterocycles. The number of hydrogen-bond donors (Lipinski definition) is 1. The van der Waals surface area contributed by atoms with E-state index in [1.807, 2.05) is 0 Å². The number of anilines is 1. The minimum Gasteiger partial charge on any atom is -0.497 e. The number of ketones is 1. The zero-order valence-corrected chi connectivity index (χ0v) is 13.9. The minimum absolute atomic E-state index is 0.0188. The molecule has 0 unspecified atom stereocenters. The first kappa shape index (κ1) is 18.4. The molecule has 7 nitrogen and oxygen atoms in total. The Morgan fingerprint density at radius 2 is 1.84 bits per heavy atom. The zero-order chi connectivity index (χ0) is 18.7. The Morgan fingerprint density at radius 3 is 2.32 bits per heavy atom. The highest BCUT2D eigenvalue weighted by atomic mass is 19.1. The van der Waals surface area contributed by atoms with E-state index < -0.39 is 35.6 Å². The number of halogens is 2. The summed E-state index contributed by atoms with van der Waals surface area (Å²) in [6.07, 6.45) is 0. The fourth-order valence-corrected chi connectivity index (χ4v) is 2.30. The Balaban J connectivity index is 2.15. The molecule has 0 spiro atoms. The van der Waals surface area contributed by atoms with Crippen LogP contribution in [-0.4, -0.2) is 35.2 Å². The molecule has 1 aromatic heterocycles. The number of methoxy groups -OCH3 is 1. The van der Waals surface area contributed by atoms with Gasteiger partial charge in [-0.2, -0.15) is 5.10 Å². The van der Waals surface area contributed by atoms with E-state index in [9.17, 15) is 18.4 Å². The number of nitrogens with zero attached hydrogens (tertiary/aromatic N) is 2. The SMILES string of the molecule is CCn1nc(C)c(C(=O)OCC(=O)c2c(F)cc(OC)cc2F)c1N. The summed E-state index contributed by atoms with van der Waals surface area (Å²) in [7, 11) is 1.24. The maximum atomic E-state index is 13.9. The molecule has 134 valence electrons. The van der Waals surface area contributed by atoms with E-state index >= 15 is 0 Å². The van der Waals surface area contributed by atoms with Crippen molar-refractivity contribution >= 4 is 17.6 Å². The van der Waals surface area contributed by atoms with Crippen molar-refractivity contribution in [3.63, 3.8) is 0 Å². The van der Waals surface area contributed by atoms with Crippen LogP contribution in [-0.2, 0) is 11.3 Å². The third kappa shape index (κ3) is 3.59. The highest BCUT2D eigenvalue weighted by Gasteiger charge is 2.24. The van der Waals surface area contributed by atoms with Crippen LogP contribution in [0, 0.1) is 18.6 Å². The highest BCUT2D eigenvalue weighted by molar-refractivity contribution is 6.01. The lowest BCUT2D eigenvalue weighted by molar-refractivity contribution is 0.0472. The first-order valence-corrected chi connectivity index (χ1v) is 7.36. The lowest BCUT2D eigenvalue weighted by Crippen LogP contribution is -2.18. The summed E-state index contributed by atoms with van der Waals surface area (Å²) < 4.78 is 38.7. The molecule has 0 aliphatic rings. The number of rotatable bonds is 6. The summed E-state index contributed by atoms with van der Waals surface area (Å²) >= 11 is 0. The van der Waals surface area contributed by atoms with Crippen LogP contribution in [0.15, 0.2) is 12.1 Å². The van der Waals surface area contributed by atoms with Crippen LogP contribution >= 0.6 is 0 Å². The molecular weight excluding hydrogens is 336 g/mol. The fourth-order valence-electron chi connectivity index (χ4n) is 2.30. The normalized spacial score (nSPS) is 10.6. The van der Waals surface area contributed by atoms with Crippen LogP contribution in [0.25, 0.3) is 0 Å². The number of Topliss-reactive ketones (excluding diaryl/α,β-unsaturated/α-hetero) is 1. The molecule has 0 saturated carbocycles. The van der Waals surface area contributed by atoms with Gasteiger partial charge in [-0.25, -0.2) is 18.3 Å². The van der Waals surface area contributed by atoms with Gasteiger partial charge in [0, 0.05) is 18.7 Å². The number of esters is 1. The van der Waals surface area contributed by atoms with E-state index in [1.165, 1.54) is 11.8 Å². The van der Waals surface area contributed by atoms with E-state index in [2.05, 4.69) is 5.10 Å². The van der Waals surface area contributed by atoms with Crippen molar-refractivity contribution in [3.8, 4) is 5.75 Å². The fraction of sp³-hybridized carbons (Fsp3) is 0.312. The second kappa shape index (κ2) is 7.29. The van der Waals surface area contributed by atoms with Gasteiger partial charge >= 0.3 is 5.97 Å². The number of carbonyl (C=O) groups excluding carboxylic acids is 2. The largest absolute Gasteiger partial charge is 0.497 e. The number of benzene rings is 1. The van der Waals surface area contributed by atoms with E-state index in [0.29, 0.717) is 12.2 Å². The summed E-state index contributed by atoms with van der Waals surface area (Å²) in [5.41, 5.74) is 5.34. The van der Waals surface area contributed by atoms with Crippen molar-refractivity contribution in [3.05, 3.63) is 40.6 Å². The molecular formula is C16H17F2N3O4. The molecule has 0 fully saturated rings. The average Bonchev–Trinajstić information content (AvgIpc) is 2.85. The molecule has 25 heavy (non-hydrogen) atoms. The number of nitrogen functional groups attached to an aromatic ring is 1. The third-order valence-corrected chi connectivity index (χ3v) is 3.53. The second-order valence-corrected chi connectivity index (χ2v) is 5.13. The Labute approximate surface area is 142 Å². The van der Waals surface area contributed by atoms with Crippen molar-refractivity contribution in [2.75, 3.05) is 19.5 Å². The van der Waals surface area contributed by atoms with Crippen molar-refractivity contribution < 1.29 is 27.8 Å². The molecule has 0 amide bonds. The van der Waals surface area contributed by atoms with Gasteiger partial charge in [0.1, 0.15) is 28.8 Å². The smallest absolute Gasteiger partial charge is 0.344 e. The van der Waals surface area contributed by atoms with Gasteiger partial charge in [0.25, 0.3) is 0 Å². The summed E-state index contributed by atoms with van der Waals surface area (Å²) in [5, 5.41) is 4.05. The van der Waals surface area contributed by atoms with Gasteiger partial charge in [-0.15, -0.1) is 0 Å². The van der Waals surface area contributed by atoms with Gasteiger partial charge in [0.05, 0.1) is 18.4 Å². The summed E-state index contributed by atoms with van der Waals surface area (Å²) in [6, 6.07) is 1.73. The molecule has 0 saturated heterocycles. The number of nitrogens with two attached hydrogens (primary N) is 1. The molecule has 9 heteroatoms. The Hall–Kier alpha value is -2.97. The van der Waals surface area contributed by atoms with Gasteiger partial charge in [-0.1, -0.05) is 0 Å². The lowest BCUT2D eigenvalue weighted by Gasteiger charge is -2.08. The van der Waals surface area contributed by atoms with Gasteiger partial charge in [0.15, 0.2) is 6.61 Å². The first-order chi connectivity index (χ1) is 11.8. The van der Waals surface area contributed by atoms with Crippen molar-refractivity contribution in [1.29, 1.82) is 0 Å². The van der Waals surface area contributed by atoms with E-state index in [-0.39, 0.29) is 17.1 Å². The second-order valence-electron chi connectivity index (χ2n) is 5.13. The molecule has 1 aromatic carbocycles. The average molecular weight is 353 g/mol. The number of aromatic nitrogens is 2. The Bertz CT molecular complexity index is 810. The van der Waals surface area contributed by atoms with Gasteiger partial charge in [-0.3, -0.25) is 4.79 Å². The summed E-state index contributed by atoms with van der Waals surface area (Å²) in [4.78, 5) is 24.1. The van der Waals surface area contributed by atoms with Gasteiger partial charge < -0.3 is 15.2 Å². The van der Waals surface area contributed by atoms with Crippen molar-refractivity contribution in [2.45, 2.75) is 20.4 Å². The minimum atomic E-state index is -1.10. The van der Waals surface area contributed by atoms with Crippen LogP contribution < -0.4 is 10.5 Å². The van der Waals surface area contributed by atoms with E-state index in [1.54, 1.807) is 13.8 Å². The molecule has 0 bridgehead atoms. The topological polar surface area (TPSA) is 96.4 Å². The zero-order valence-electron chi connectivity index (χ0n) is 13.9. The maximum absolute atomic E-state index is 13.9. The van der Waals surface area contributed by atoms with Crippen LogP contribution in [0.3, 0.4) is 0 Å². The predicted molar refractivity (Wildman–Crippen MR) is 84.6 cm³/mol. The molecule has 0 aliphatic carbocycles.